The van der Waals surface area contributed by atoms with Gasteiger partial charge in [0.2, 0.25) is 0 Å². The Bertz CT molecular complexity index is 901. The molecule has 2 aromatic rings. The largest absolute Gasteiger partial charge is 0.452 e. The Morgan fingerprint density at radius 2 is 1.67 bits per heavy atom. The highest BCUT2D eigenvalue weighted by Crippen LogP contribution is 2.19. The van der Waals surface area contributed by atoms with E-state index in [2.05, 4.69) is 0 Å². The van der Waals surface area contributed by atoms with Gasteiger partial charge in [0.1, 0.15) is 0 Å². The highest BCUT2D eigenvalue weighted by molar-refractivity contribution is 5.97. The lowest BCUT2D eigenvalue weighted by Gasteiger charge is -2.22. The number of carbonyl (C=O) groups is 2. The number of anilines is 1. The second-order valence-electron chi connectivity index (χ2n) is 6.06. The van der Waals surface area contributed by atoms with Crippen molar-refractivity contribution >= 4 is 17.6 Å². The summed E-state index contributed by atoms with van der Waals surface area (Å²) in [6.07, 6.45) is 0.169. The average molecular weight is 361 g/mol. The Morgan fingerprint density at radius 1 is 1.04 bits per heavy atom. The smallest absolute Gasteiger partial charge is 0.338 e. The van der Waals surface area contributed by atoms with Crippen molar-refractivity contribution < 1.29 is 14.3 Å². The van der Waals surface area contributed by atoms with Gasteiger partial charge >= 0.3 is 5.97 Å². The molecule has 0 aliphatic rings. The summed E-state index contributed by atoms with van der Waals surface area (Å²) in [6.45, 7) is 3.63. The van der Waals surface area contributed by atoms with Gasteiger partial charge in [-0.25, -0.2) is 4.79 Å². The number of carbonyl (C=O) groups excluding carboxylic acids is 2. The zero-order valence-electron chi connectivity index (χ0n) is 15.2. The molecule has 2 rings (SSSR count). The van der Waals surface area contributed by atoms with Crippen molar-refractivity contribution in [2.24, 2.45) is 0 Å². The van der Waals surface area contributed by atoms with Gasteiger partial charge in [0, 0.05) is 12.2 Å². The van der Waals surface area contributed by atoms with Crippen LogP contribution in [-0.4, -0.2) is 25.0 Å². The van der Waals surface area contributed by atoms with Crippen LogP contribution in [0.15, 0.2) is 42.5 Å². The minimum Gasteiger partial charge on any atom is -0.452 e. The highest BCUT2D eigenvalue weighted by atomic mass is 16.5. The molecule has 0 spiro atoms. The van der Waals surface area contributed by atoms with E-state index >= 15 is 0 Å². The van der Waals surface area contributed by atoms with E-state index in [1.165, 1.54) is 29.2 Å². The molecule has 2 aromatic carbocycles. The number of hydrogen-bond donors (Lipinski definition) is 0. The van der Waals surface area contributed by atoms with Crippen molar-refractivity contribution in [2.75, 3.05) is 18.1 Å². The van der Waals surface area contributed by atoms with E-state index in [1.54, 1.807) is 0 Å². The molecular weight excluding hydrogens is 342 g/mol. The van der Waals surface area contributed by atoms with Gasteiger partial charge in [-0.15, -0.1) is 0 Å². The average Bonchev–Trinajstić information content (AvgIpc) is 2.65. The number of aryl methyl sites for hydroxylation is 2. The van der Waals surface area contributed by atoms with Crippen LogP contribution in [0.4, 0.5) is 5.69 Å². The summed E-state index contributed by atoms with van der Waals surface area (Å²) in [5, 5.41) is 17.6. The molecule has 0 saturated heterocycles. The summed E-state index contributed by atoms with van der Waals surface area (Å²) in [4.78, 5) is 26.2. The minimum atomic E-state index is -0.645. The van der Waals surface area contributed by atoms with Gasteiger partial charge < -0.3 is 9.64 Å². The molecule has 6 nitrogen and oxygen atoms in total. The molecule has 6 heteroatoms. The molecule has 1 amide bonds. The van der Waals surface area contributed by atoms with E-state index in [1.807, 2.05) is 44.2 Å². The van der Waals surface area contributed by atoms with Crippen LogP contribution in [-0.2, 0) is 9.53 Å². The third-order valence-corrected chi connectivity index (χ3v) is 3.84. The van der Waals surface area contributed by atoms with Crippen LogP contribution in [0.3, 0.4) is 0 Å². The summed E-state index contributed by atoms with van der Waals surface area (Å²) in [7, 11) is 0. The van der Waals surface area contributed by atoms with Gasteiger partial charge in [-0.1, -0.05) is 6.07 Å². The standard InChI is InChI=1S/C21H19N3O3/c1-15-10-16(2)12-19(11-15)24(9-3-8-22)20(25)14-27-21(26)18-6-4-17(13-23)5-7-18/h4-7,10-12H,3,9,14H2,1-2H3. The first-order valence-electron chi connectivity index (χ1n) is 8.37. The van der Waals surface area contributed by atoms with Crippen LogP contribution in [0.1, 0.15) is 33.5 Å². The van der Waals surface area contributed by atoms with Gasteiger partial charge in [0.15, 0.2) is 6.61 Å². The molecule has 0 radical (unpaired) electrons. The van der Waals surface area contributed by atoms with Gasteiger partial charge in [-0.3, -0.25) is 4.79 Å². The van der Waals surface area contributed by atoms with Crippen LogP contribution in [0.5, 0.6) is 0 Å². The van der Waals surface area contributed by atoms with Crippen LogP contribution < -0.4 is 4.90 Å². The van der Waals surface area contributed by atoms with Crippen LogP contribution in [0, 0.1) is 36.5 Å². The zero-order valence-corrected chi connectivity index (χ0v) is 15.2. The maximum Gasteiger partial charge on any atom is 0.338 e. The van der Waals surface area contributed by atoms with Crippen molar-refractivity contribution in [3.05, 3.63) is 64.7 Å². The van der Waals surface area contributed by atoms with E-state index < -0.39 is 18.5 Å². The number of esters is 1. The van der Waals surface area contributed by atoms with Crippen LogP contribution >= 0.6 is 0 Å². The molecule has 0 aliphatic heterocycles. The van der Waals surface area contributed by atoms with Gasteiger partial charge in [-0.05, 0) is 61.4 Å². The summed E-state index contributed by atoms with van der Waals surface area (Å²) in [5.41, 5.74) is 3.35. The first-order chi connectivity index (χ1) is 12.9. The summed E-state index contributed by atoms with van der Waals surface area (Å²) < 4.78 is 5.11. The van der Waals surface area contributed by atoms with Crippen molar-refractivity contribution in [2.45, 2.75) is 20.3 Å². The quantitative estimate of drug-likeness (QED) is 0.736. The molecule has 0 aromatic heterocycles. The van der Waals surface area contributed by atoms with E-state index in [0.29, 0.717) is 11.3 Å². The fourth-order valence-corrected chi connectivity index (χ4v) is 2.64. The van der Waals surface area contributed by atoms with Gasteiger partial charge in [-0.2, -0.15) is 10.5 Å². The molecule has 0 atom stereocenters. The molecule has 0 aliphatic carbocycles. The van der Waals surface area contributed by atoms with Gasteiger partial charge in [0.25, 0.3) is 5.91 Å². The molecule has 0 heterocycles. The van der Waals surface area contributed by atoms with Crippen molar-refractivity contribution in [1.29, 1.82) is 10.5 Å². The topological polar surface area (TPSA) is 94.2 Å². The predicted molar refractivity (Wildman–Crippen MR) is 99.9 cm³/mol. The Kier molecular flexibility index (Phi) is 6.68. The maximum absolute atomic E-state index is 12.6. The molecule has 0 saturated carbocycles. The molecule has 0 bridgehead atoms. The number of ether oxygens (including phenoxy) is 1. The van der Waals surface area contributed by atoms with E-state index in [-0.39, 0.29) is 18.5 Å². The lowest BCUT2D eigenvalue weighted by molar-refractivity contribution is -0.121. The Balaban J connectivity index is 2.10. The molecular formula is C21H19N3O3. The minimum absolute atomic E-state index is 0.169. The predicted octanol–water partition coefficient (Wildman–Crippen LogP) is 3.28. The zero-order chi connectivity index (χ0) is 19.8. The number of hydrogen-bond acceptors (Lipinski definition) is 5. The van der Waals surface area contributed by atoms with Gasteiger partial charge in [0.05, 0.1) is 29.7 Å². The molecule has 27 heavy (non-hydrogen) atoms. The highest BCUT2D eigenvalue weighted by Gasteiger charge is 2.18. The molecule has 0 fully saturated rings. The lowest BCUT2D eigenvalue weighted by atomic mass is 10.1. The normalized spacial score (nSPS) is 9.78. The first kappa shape index (κ1) is 19.7. The Labute approximate surface area is 158 Å². The molecule has 0 unspecified atom stereocenters. The monoisotopic (exact) mass is 361 g/mol. The maximum atomic E-state index is 12.6. The van der Waals surface area contributed by atoms with Crippen LogP contribution in [0.2, 0.25) is 0 Å². The number of nitrogens with zero attached hydrogens (tertiary/aromatic N) is 3. The SMILES string of the molecule is Cc1cc(C)cc(N(CCC#N)C(=O)COC(=O)c2ccc(C#N)cc2)c1. The number of amides is 1. The Hall–Kier alpha value is -3.64. The number of benzene rings is 2. The van der Waals surface area contributed by atoms with Crippen molar-refractivity contribution in [1.82, 2.24) is 0 Å². The number of nitriles is 2. The van der Waals surface area contributed by atoms with E-state index in [4.69, 9.17) is 15.3 Å². The number of rotatable bonds is 6. The third-order valence-electron chi connectivity index (χ3n) is 3.84. The summed E-state index contributed by atoms with van der Waals surface area (Å²) in [6, 6.07) is 15.6. The van der Waals surface area contributed by atoms with Crippen LogP contribution in [0.25, 0.3) is 0 Å². The fourth-order valence-electron chi connectivity index (χ4n) is 2.64. The second kappa shape index (κ2) is 9.17. The molecule has 0 N–H and O–H groups in total. The Morgan fingerprint density at radius 3 is 2.22 bits per heavy atom. The van der Waals surface area contributed by atoms with E-state index in [9.17, 15) is 9.59 Å². The summed E-state index contributed by atoms with van der Waals surface area (Å²) >= 11 is 0. The second-order valence-corrected chi connectivity index (χ2v) is 6.06. The van der Waals surface area contributed by atoms with Crippen molar-refractivity contribution in [3.8, 4) is 12.1 Å². The summed E-state index contributed by atoms with van der Waals surface area (Å²) in [5.74, 6) is -1.05. The third kappa shape index (κ3) is 5.42. The fraction of sp³-hybridized carbons (Fsp3) is 0.238. The lowest BCUT2D eigenvalue weighted by Crippen LogP contribution is -2.35. The molecule has 136 valence electrons. The van der Waals surface area contributed by atoms with Crippen molar-refractivity contribution in [3.63, 3.8) is 0 Å². The first-order valence-corrected chi connectivity index (χ1v) is 8.37. The van der Waals surface area contributed by atoms with E-state index in [0.717, 1.165) is 11.1 Å².